The highest BCUT2D eigenvalue weighted by Crippen LogP contribution is 2.22. The maximum absolute atomic E-state index is 13.2. The Labute approximate surface area is 92.6 Å². The topological polar surface area (TPSA) is 26.0 Å². The van der Waals surface area contributed by atoms with Crippen LogP contribution < -0.4 is 5.73 Å². The molecule has 0 aliphatic rings. The summed E-state index contributed by atoms with van der Waals surface area (Å²) in [6.07, 6.45) is 3.11. The molecule has 0 fully saturated rings. The Morgan fingerprint density at radius 3 is 2.79 bits per heavy atom. The first-order chi connectivity index (χ1) is 6.65. The van der Waals surface area contributed by atoms with Gasteiger partial charge >= 0.3 is 0 Å². The molecule has 1 aromatic rings. The molecule has 0 spiro atoms. The molecule has 0 aliphatic carbocycles. The Kier molecular flexibility index (Phi) is 4.55. The third-order valence-electron chi connectivity index (χ3n) is 2.24. The zero-order valence-corrected chi connectivity index (χ0v) is 9.85. The SMILES string of the molecule is CCCC[C@H](N)c1ccc(Br)c(F)c1. The molecule has 1 rings (SSSR count). The van der Waals surface area contributed by atoms with Gasteiger partial charge in [-0.2, -0.15) is 0 Å². The van der Waals surface area contributed by atoms with Gasteiger partial charge in [0.25, 0.3) is 0 Å². The quantitative estimate of drug-likeness (QED) is 0.875. The monoisotopic (exact) mass is 259 g/mol. The average molecular weight is 260 g/mol. The van der Waals surface area contributed by atoms with Crippen molar-refractivity contribution in [1.82, 2.24) is 0 Å². The number of nitrogens with two attached hydrogens (primary N) is 1. The van der Waals surface area contributed by atoms with E-state index < -0.39 is 0 Å². The number of hydrogen-bond acceptors (Lipinski definition) is 1. The standard InChI is InChI=1S/C11H15BrFN/c1-2-3-4-11(14)8-5-6-9(12)10(13)7-8/h5-7,11H,2-4,14H2,1H3/t11-/m0/s1. The molecule has 0 radical (unpaired) electrons. The zero-order chi connectivity index (χ0) is 10.6. The molecule has 0 amide bonds. The molecule has 1 atom stereocenters. The third kappa shape index (κ3) is 3.07. The highest BCUT2D eigenvalue weighted by Gasteiger charge is 2.07. The van der Waals surface area contributed by atoms with E-state index in [-0.39, 0.29) is 11.9 Å². The molecule has 0 aromatic heterocycles. The van der Waals surface area contributed by atoms with E-state index >= 15 is 0 Å². The Balaban J connectivity index is 2.70. The molecule has 0 aliphatic heterocycles. The van der Waals surface area contributed by atoms with Gasteiger partial charge in [-0.15, -0.1) is 0 Å². The lowest BCUT2D eigenvalue weighted by atomic mass is 10.0. The van der Waals surface area contributed by atoms with Crippen LogP contribution in [0, 0.1) is 5.82 Å². The minimum Gasteiger partial charge on any atom is -0.324 e. The van der Waals surface area contributed by atoms with Gasteiger partial charge in [0.1, 0.15) is 5.82 Å². The molecule has 0 saturated heterocycles. The third-order valence-corrected chi connectivity index (χ3v) is 2.88. The molecule has 78 valence electrons. The first-order valence-electron chi connectivity index (χ1n) is 4.85. The Morgan fingerprint density at radius 1 is 1.50 bits per heavy atom. The molecule has 1 nitrogen and oxygen atoms in total. The van der Waals surface area contributed by atoms with Gasteiger partial charge in [-0.05, 0) is 40.0 Å². The van der Waals surface area contributed by atoms with E-state index in [4.69, 9.17) is 5.73 Å². The summed E-state index contributed by atoms with van der Waals surface area (Å²) in [7, 11) is 0. The molecule has 0 unspecified atom stereocenters. The summed E-state index contributed by atoms with van der Waals surface area (Å²) in [5, 5.41) is 0. The van der Waals surface area contributed by atoms with Crippen molar-refractivity contribution in [3.63, 3.8) is 0 Å². The van der Waals surface area contributed by atoms with Crippen molar-refractivity contribution in [3.8, 4) is 0 Å². The Bertz CT molecular complexity index is 301. The van der Waals surface area contributed by atoms with Crippen LogP contribution in [-0.2, 0) is 0 Å². The van der Waals surface area contributed by atoms with E-state index in [0.29, 0.717) is 4.47 Å². The molecule has 0 bridgehead atoms. The van der Waals surface area contributed by atoms with Crippen molar-refractivity contribution in [2.45, 2.75) is 32.2 Å². The molecule has 3 heteroatoms. The van der Waals surface area contributed by atoms with E-state index in [1.165, 1.54) is 6.07 Å². The minimum atomic E-state index is -0.241. The van der Waals surface area contributed by atoms with Crippen LogP contribution in [0.2, 0.25) is 0 Å². The molecule has 0 saturated carbocycles. The first-order valence-corrected chi connectivity index (χ1v) is 5.65. The van der Waals surface area contributed by atoms with Crippen LogP contribution >= 0.6 is 15.9 Å². The summed E-state index contributed by atoms with van der Waals surface area (Å²) in [6, 6.07) is 5.03. The second-order valence-corrected chi connectivity index (χ2v) is 4.28. The van der Waals surface area contributed by atoms with Crippen molar-refractivity contribution in [2.75, 3.05) is 0 Å². The zero-order valence-electron chi connectivity index (χ0n) is 8.26. The van der Waals surface area contributed by atoms with Crippen LogP contribution in [0.25, 0.3) is 0 Å². The van der Waals surface area contributed by atoms with Crippen LogP contribution in [-0.4, -0.2) is 0 Å². The highest BCUT2D eigenvalue weighted by atomic mass is 79.9. The Hall–Kier alpha value is -0.410. The van der Waals surface area contributed by atoms with Gasteiger partial charge in [0.2, 0.25) is 0 Å². The van der Waals surface area contributed by atoms with Crippen molar-refractivity contribution >= 4 is 15.9 Å². The number of halogens is 2. The van der Waals surface area contributed by atoms with Crippen LogP contribution in [0.5, 0.6) is 0 Å². The van der Waals surface area contributed by atoms with E-state index in [2.05, 4.69) is 22.9 Å². The van der Waals surface area contributed by atoms with Gasteiger partial charge in [0, 0.05) is 6.04 Å². The lowest BCUT2D eigenvalue weighted by Gasteiger charge is -2.11. The first kappa shape index (κ1) is 11.7. The minimum absolute atomic E-state index is 0.0439. The number of benzene rings is 1. The maximum Gasteiger partial charge on any atom is 0.137 e. The smallest absolute Gasteiger partial charge is 0.137 e. The van der Waals surface area contributed by atoms with Crippen molar-refractivity contribution in [1.29, 1.82) is 0 Å². The Morgan fingerprint density at radius 2 is 2.21 bits per heavy atom. The van der Waals surface area contributed by atoms with Gasteiger partial charge in [-0.1, -0.05) is 25.8 Å². The van der Waals surface area contributed by atoms with E-state index in [9.17, 15) is 4.39 Å². The number of hydrogen-bond donors (Lipinski definition) is 1. The molecule has 14 heavy (non-hydrogen) atoms. The fourth-order valence-corrected chi connectivity index (χ4v) is 1.58. The van der Waals surface area contributed by atoms with Crippen LogP contribution in [0.4, 0.5) is 4.39 Å². The highest BCUT2D eigenvalue weighted by molar-refractivity contribution is 9.10. The fraction of sp³-hybridized carbons (Fsp3) is 0.455. The van der Waals surface area contributed by atoms with Crippen LogP contribution in [0.15, 0.2) is 22.7 Å². The largest absolute Gasteiger partial charge is 0.324 e. The van der Waals surface area contributed by atoms with Crippen molar-refractivity contribution in [3.05, 3.63) is 34.1 Å². The molecule has 0 heterocycles. The predicted molar refractivity (Wildman–Crippen MR) is 60.6 cm³/mol. The van der Waals surface area contributed by atoms with E-state index in [0.717, 1.165) is 24.8 Å². The van der Waals surface area contributed by atoms with Gasteiger partial charge in [-0.25, -0.2) is 4.39 Å². The summed E-state index contributed by atoms with van der Waals surface area (Å²) in [5.41, 5.74) is 6.79. The molecular formula is C11H15BrFN. The summed E-state index contributed by atoms with van der Waals surface area (Å²) in [4.78, 5) is 0. The summed E-state index contributed by atoms with van der Waals surface area (Å²) in [6.45, 7) is 2.12. The fourth-order valence-electron chi connectivity index (χ4n) is 1.33. The van der Waals surface area contributed by atoms with Crippen molar-refractivity contribution in [2.24, 2.45) is 5.73 Å². The predicted octanol–water partition coefficient (Wildman–Crippen LogP) is 3.78. The molecule has 1 aromatic carbocycles. The average Bonchev–Trinajstić information content (AvgIpc) is 2.18. The second-order valence-electron chi connectivity index (χ2n) is 3.42. The second kappa shape index (κ2) is 5.47. The maximum atomic E-state index is 13.2. The molecular weight excluding hydrogens is 245 g/mol. The molecule has 2 N–H and O–H groups in total. The van der Waals surface area contributed by atoms with Gasteiger partial charge in [0.15, 0.2) is 0 Å². The summed E-state index contributed by atoms with van der Waals surface area (Å²) < 4.78 is 13.6. The number of unbranched alkanes of at least 4 members (excludes halogenated alkanes) is 1. The van der Waals surface area contributed by atoms with Gasteiger partial charge in [-0.3, -0.25) is 0 Å². The summed E-state index contributed by atoms with van der Waals surface area (Å²) in [5.74, 6) is -0.241. The van der Waals surface area contributed by atoms with Crippen LogP contribution in [0.3, 0.4) is 0 Å². The lowest BCUT2D eigenvalue weighted by Crippen LogP contribution is -2.10. The van der Waals surface area contributed by atoms with Gasteiger partial charge < -0.3 is 5.73 Å². The number of rotatable bonds is 4. The van der Waals surface area contributed by atoms with Gasteiger partial charge in [0.05, 0.1) is 4.47 Å². The lowest BCUT2D eigenvalue weighted by molar-refractivity contribution is 0.586. The van der Waals surface area contributed by atoms with Crippen LogP contribution in [0.1, 0.15) is 37.8 Å². The van der Waals surface area contributed by atoms with E-state index in [1.807, 2.05) is 6.07 Å². The normalized spacial score (nSPS) is 12.9. The summed E-state index contributed by atoms with van der Waals surface area (Å²) >= 11 is 3.12. The van der Waals surface area contributed by atoms with Crippen molar-refractivity contribution < 1.29 is 4.39 Å². The van der Waals surface area contributed by atoms with E-state index in [1.54, 1.807) is 6.07 Å².